The van der Waals surface area contributed by atoms with Crippen LogP contribution in [0.1, 0.15) is 28.8 Å². The van der Waals surface area contributed by atoms with Crippen molar-refractivity contribution in [1.82, 2.24) is 10.2 Å². The molecule has 4 rings (SSSR count). The summed E-state index contributed by atoms with van der Waals surface area (Å²) in [5.41, 5.74) is 3.16. The van der Waals surface area contributed by atoms with Crippen LogP contribution in [-0.2, 0) is 6.54 Å². The number of rotatable bonds is 3. The number of hydrogen-bond acceptors (Lipinski definition) is 4. The number of para-hydroxylation sites is 1. The Kier molecular flexibility index (Phi) is 5.48. The topological polar surface area (TPSA) is 68.8 Å². The summed E-state index contributed by atoms with van der Waals surface area (Å²) in [5, 5.41) is 11.4. The molecular weight excluding hydrogens is 386 g/mol. The van der Waals surface area contributed by atoms with Gasteiger partial charge in [0.05, 0.1) is 29.0 Å². The minimum absolute atomic E-state index is 0.0356. The van der Waals surface area contributed by atoms with Crippen LogP contribution in [0.4, 0.5) is 11.4 Å². The molecule has 29 heavy (non-hydrogen) atoms. The van der Waals surface area contributed by atoms with Crippen LogP contribution in [0.5, 0.6) is 0 Å². The van der Waals surface area contributed by atoms with Gasteiger partial charge >= 0.3 is 0 Å². The molecule has 0 atom stereocenters. The van der Waals surface area contributed by atoms with Crippen molar-refractivity contribution < 1.29 is 4.79 Å². The molecule has 1 amide bonds. The van der Waals surface area contributed by atoms with Gasteiger partial charge in [0, 0.05) is 19.1 Å². The number of amidine groups is 1. The van der Waals surface area contributed by atoms with Crippen molar-refractivity contribution in [3.63, 3.8) is 0 Å². The third-order valence-corrected chi connectivity index (χ3v) is 5.77. The molecule has 6 nitrogen and oxygen atoms in total. The number of carbonyl (C=O) groups excluding carboxylic acids is 1. The van der Waals surface area contributed by atoms with Gasteiger partial charge < -0.3 is 20.9 Å². The first kappa shape index (κ1) is 19.7. The van der Waals surface area contributed by atoms with Crippen LogP contribution >= 0.6 is 11.6 Å². The van der Waals surface area contributed by atoms with E-state index in [9.17, 15) is 4.79 Å². The van der Waals surface area contributed by atoms with Gasteiger partial charge in [-0.15, -0.1) is 0 Å². The zero-order valence-electron chi connectivity index (χ0n) is 16.8. The third-order valence-electron chi connectivity index (χ3n) is 5.54. The quantitative estimate of drug-likeness (QED) is 0.721. The van der Waals surface area contributed by atoms with Gasteiger partial charge in [-0.05, 0) is 55.8 Å². The highest BCUT2D eigenvalue weighted by atomic mass is 35.5. The van der Waals surface area contributed by atoms with Crippen molar-refractivity contribution in [3.05, 3.63) is 58.6 Å². The molecule has 0 saturated carbocycles. The number of carbonyl (C=O) groups is 1. The molecule has 0 aliphatic carbocycles. The van der Waals surface area contributed by atoms with Gasteiger partial charge in [-0.2, -0.15) is 0 Å². The lowest BCUT2D eigenvalue weighted by Gasteiger charge is -2.44. The Hall–Kier alpha value is -2.57. The van der Waals surface area contributed by atoms with Crippen LogP contribution < -0.4 is 16.0 Å². The first-order chi connectivity index (χ1) is 14.0. The van der Waals surface area contributed by atoms with Crippen molar-refractivity contribution in [2.45, 2.75) is 24.9 Å². The third kappa shape index (κ3) is 3.95. The van der Waals surface area contributed by atoms with E-state index in [1.807, 2.05) is 42.5 Å². The Morgan fingerprint density at radius 1 is 1.17 bits per heavy atom. The van der Waals surface area contributed by atoms with Gasteiger partial charge in [0.15, 0.2) is 0 Å². The van der Waals surface area contributed by atoms with Crippen molar-refractivity contribution in [2.75, 3.05) is 37.8 Å². The number of fused-ring (bicyclic) bond motifs is 1. The molecule has 0 aromatic heterocycles. The zero-order chi connectivity index (χ0) is 20.4. The lowest BCUT2D eigenvalue weighted by molar-refractivity contribution is 0.0828. The predicted octanol–water partition coefficient (Wildman–Crippen LogP) is 3.60. The van der Waals surface area contributed by atoms with Gasteiger partial charge in [0.1, 0.15) is 5.84 Å². The molecule has 1 spiro atoms. The summed E-state index contributed by atoms with van der Waals surface area (Å²) in [5.74, 6) is 0.845. The Labute approximate surface area is 176 Å². The predicted molar refractivity (Wildman–Crippen MR) is 119 cm³/mol. The molecule has 152 valence electrons. The monoisotopic (exact) mass is 411 g/mol. The normalized spacial score (nSPS) is 18.7. The van der Waals surface area contributed by atoms with Crippen LogP contribution in [0, 0.1) is 0 Å². The minimum Gasteiger partial charge on any atom is -0.371 e. The maximum atomic E-state index is 12.7. The van der Waals surface area contributed by atoms with Crippen molar-refractivity contribution in [2.24, 2.45) is 4.99 Å². The molecule has 1 saturated heterocycles. The largest absolute Gasteiger partial charge is 0.371 e. The molecule has 2 aromatic carbocycles. The molecular formula is C22H26ClN5O. The maximum Gasteiger partial charge on any atom is 0.255 e. The van der Waals surface area contributed by atoms with E-state index in [1.54, 1.807) is 19.0 Å². The summed E-state index contributed by atoms with van der Waals surface area (Å²) in [6.07, 6.45) is 1.83. The highest BCUT2D eigenvalue weighted by Gasteiger charge is 2.41. The highest BCUT2D eigenvalue weighted by Crippen LogP contribution is 2.38. The second-order valence-corrected chi connectivity index (χ2v) is 8.24. The molecule has 7 heteroatoms. The van der Waals surface area contributed by atoms with Crippen LogP contribution in [0.2, 0.25) is 5.02 Å². The number of aliphatic imine (C=N–C) groups is 1. The number of nitrogens with zero attached hydrogens (tertiary/aromatic N) is 2. The molecule has 1 fully saturated rings. The molecule has 0 bridgehead atoms. The van der Waals surface area contributed by atoms with E-state index >= 15 is 0 Å². The van der Waals surface area contributed by atoms with E-state index in [1.165, 1.54) is 0 Å². The molecule has 0 radical (unpaired) electrons. The van der Waals surface area contributed by atoms with Gasteiger partial charge in [-0.1, -0.05) is 29.8 Å². The molecule has 3 N–H and O–H groups in total. The van der Waals surface area contributed by atoms with Crippen LogP contribution in [0.3, 0.4) is 0 Å². The molecule has 2 aliphatic rings. The standard InChI is InChI=1S/C22H26ClN5O/c1-28(2)20(29)17-7-4-8-18-19(17)26-21(22(27-18)9-11-24-12-10-22)25-14-15-5-3-6-16(23)13-15/h3-8,13,24,27H,9-12,14H2,1-2H3,(H,25,26). The van der Waals surface area contributed by atoms with Crippen molar-refractivity contribution in [1.29, 1.82) is 0 Å². The highest BCUT2D eigenvalue weighted by molar-refractivity contribution is 6.30. The number of hydrogen-bond donors (Lipinski definition) is 3. The Balaban J connectivity index is 1.73. The average Bonchev–Trinajstić information content (AvgIpc) is 2.72. The van der Waals surface area contributed by atoms with Gasteiger partial charge in [0.2, 0.25) is 0 Å². The summed E-state index contributed by atoms with van der Waals surface area (Å²) in [7, 11) is 3.53. The number of nitrogens with one attached hydrogen (secondary N) is 3. The zero-order valence-corrected chi connectivity index (χ0v) is 17.5. The van der Waals surface area contributed by atoms with E-state index in [0.717, 1.165) is 48.7 Å². The van der Waals surface area contributed by atoms with Crippen LogP contribution in [-0.4, -0.2) is 49.4 Å². The van der Waals surface area contributed by atoms with Crippen LogP contribution in [0.15, 0.2) is 47.5 Å². The second-order valence-electron chi connectivity index (χ2n) is 7.80. The second kappa shape index (κ2) is 8.05. The van der Waals surface area contributed by atoms with E-state index in [4.69, 9.17) is 16.6 Å². The smallest absolute Gasteiger partial charge is 0.255 e. The summed E-state index contributed by atoms with van der Waals surface area (Å²) in [6, 6.07) is 13.6. The van der Waals surface area contributed by atoms with Gasteiger partial charge in [0.25, 0.3) is 5.91 Å². The summed E-state index contributed by atoms with van der Waals surface area (Å²) >= 11 is 6.13. The number of benzene rings is 2. The van der Waals surface area contributed by atoms with Gasteiger partial charge in [-0.25, -0.2) is 0 Å². The Morgan fingerprint density at radius 2 is 1.93 bits per heavy atom. The Morgan fingerprint density at radius 3 is 2.66 bits per heavy atom. The number of halogens is 1. The number of amides is 1. The average molecular weight is 412 g/mol. The van der Waals surface area contributed by atoms with E-state index in [2.05, 4.69) is 16.0 Å². The molecule has 2 aliphatic heterocycles. The fourth-order valence-corrected chi connectivity index (χ4v) is 4.19. The SMILES string of the molecule is CN(C)C(=O)c1cccc2c1NC(=NCc1cccc(Cl)c1)C1(CCNCC1)N2. The van der Waals surface area contributed by atoms with E-state index < -0.39 is 0 Å². The van der Waals surface area contributed by atoms with E-state index in [-0.39, 0.29) is 11.4 Å². The lowest BCUT2D eigenvalue weighted by Crippen LogP contribution is -2.58. The fourth-order valence-electron chi connectivity index (χ4n) is 3.98. The first-order valence-electron chi connectivity index (χ1n) is 9.88. The maximum absolute atomic E-state index is 12.7. The number of anilines is 2. The fraction of sp³-hybridized carbons (Fsp3) is 0.364. The molecule has 2 heterocycles. The lowest BCUT2D eigenvalue weighted by atomic mass is 9.84. The molecule has 0 unspecified atom stereocenters. The first-order valence-corrected chi connectivity index (χ1v) is 10.3. The van der Waals surface area contributed by atoms with Crippen LogP contribution in [0.25, 0.3) is 0 Å². The minimum atomic E-state index is -0.267. The van der Waals surface area contributed by atoms with E-state index in [0.29, 0.717) is 17.1 Å². The summed E-state index contributed by atoms with van der Waals surface area (Å²) in [6.45, 7) is 2.35. The number of piperidine rings is 1. The Bertz CT molecular complexity index is 950. The summed E-state index contributed by atoms with van der Waals surface area (Å²) < 4.78 is 0. The van der Waals surface area contributed by atoms with Crippen molar-refractivity contribution in [3.8, 4) is 0 Å². The van der Waals surface area contributed by atoms with Gasteiger partial charge in [-0.3, -0.25) is 9.79 Å². The van der Waals surface area contributed by atoms with Crippen molar-refractivity contribution >= 4 is 34.7 Å². The molecule has 2 aromatic rings. The summed E-state index contributed by atoms with van der Waals surface area (Å²) in [4.78, 5) is 19.2.